The summed E-state index contributed by atoms with van der Waals surface area (Å²) in [6, 6.07) is 0. The number of aromatic nitrogens is 3. The van der Waals surface area contributed by atoms with Crippen molar-refractivity contribution in [2.45, 2.75) is 70.4 Å². The molecule has 6 nitrogen and oxygen atoms in total. The molecule has 144 valence electrons. The van der Waals surface area contributed by atoms with Crippen LogP contribution in [0.3, 0.4) is 0 Å². The van der Waals surface area contributed by atoms with E-state index in [-0.39, 0.29) is 17.2 Å². The molecule has 0 unspecified atom stereocenters. The second-order valence-corrected chi connectivity index (χ2v) is 7.74. The van der Waals surface area contributed by atoms with Gasteiger partial charge in [-0.25, -0.2) is 0 Å². The van der Waals surface area contributed by atoms with E-state index in [1.807, 2.05) is 0 Å². The van der Waals surface area contributed by atoms with Crippen LogP contribution in [-0.4, -0.2) is 36.9 Å². The van der Waals surface area contributed by atoms with Gasteiger partial charge in [0.05, 0.1) is 23.1 Å². The number of aliphatic hydroxyl groups is 2. The van der Waals surface area contributed by atoms with Gasteiger partial charge in [-0.1, -0.05) is 12.1 Å². The molecule has 0 amide bonds. The van der Waals surface area contributed by atoms with E-state index in [1.54, 1.807) is 25.5 Å². The largest absolute Gasteiger partial charge is 0.422 e. The van der Waals surface area contributed by atoms with Crippen LogP contribution >= 0.6 is 0 Å². The summed E-state index contributed by atoms with van der Waals surface area (Å²) in [7, 11) is 0. The predicted octanol–water partition coefficient (Wildman–Crippen LogP) is 3.13. The van der Waals surface area contributed by atoms with Crippen molar-refractivity contribution < 1.29 is 27.9 Å². The van der Waals surface area contributed by atoms with Crippen LogP contribution in [0.1, 0.15) is 57.0 Å². The molecular formula is C17H22F3N3O3. The fourth-order valence-corrected chi connectivity index (χ4v) is 3.21. The Balaban J connectivity index is 2.03. The number of nitrogens with zero attached hydrogens (tertiary/aromatic N) is 3. The van der Waals surface area contributed by atoms with E-state index in [1.165, 1.54) is 6.20 Å². The third-order valence-electron chi connectivity index (χ3n) is 4.86. The molecule has 3 rings (SSSR count). The van der Waals surface area contributed by atoms with Gasteiger partial charge in [-0.05, 0) is 39.5 Å². The van der Waals surface area contributed by atoms with Crippen LogP contribution in [0.25, 0.3) is 11.3 Å². The van der Waals surface area contributed by atoms with Crippen molar-refractivity contribution >= 4 is 0 Å². The van der Waals surface area contributed by atoms with Gasteiger partial charge in [0, 0.05) is 12.1 Å². The van der Waals surface area contributed by atoms with E-state index in [0.29, 0.717) is 31.9 Å². The molecule has 0 saturated carbocycles. The predicted molar refractivity (Wildman–Crippen MR) is 86.4 cm³/mol. The van der Waals surface area contributed by atoms with Crippen LogP contribution in [0.15, 0.2) is 10.7 Å². The highest BCUT2D eigenvalue weighted by atomic mass is 19.4. The van der Waals surface area contributed by atoms with Gasteiger partial charge in [-0.3, -0.25) is 4.68 Å². The molecule has 0 radical (unpaired) electrons. The zero-order chi connectivity index (χ0) is 19.5. The molecule has 0 bridgehead atoms. The van der Waals surface area contributed by atoms with Crippen molar-refractivity contribution in [3.8, 4) is 11.3 Å². The molecule has 2 N–H and O–H groups in total. The van der Waals surface area contributed by atoms with E-state index in [2.05, 4.69) is 10.3 Å². The molecule has 2 aromatic rings. The van der Waals surface area contributed by atoms with Gasteiger partial charge in [-0.2, -0.15) is 18.3 Å². The Bertz CT molecular complexity index is 816. The molecule has 0 spiro atoms. The van der Waals surface area contributed by atoms with E-state index < -0.39 is 23.1 Å². The molecule has 26 heavy (non-hydrogen) atoms. The lowest BCUT2D eigenvalue weighted by Crippen LogP contribution is -2.40. The lowest BCUT2D eigenvalue weighted by Gasteiger charge is -2.27. The van der Waals surface area contributed by atoms with Crippen LogP contribution in [0.2, 0.25) is 0 Å². The van der Waals surface area contributed by atoms with Crippen LogP contribution in [0.4, 0.5) is 13.2 Å². The monoisotopic (exact) mass is 373 g/mol. The number of halogens is 3. The summed E-state index contributed by atoms with van der Waals surface area (Å²) in [5.74, 6) is -0.113. The third-order valence-corrected chi connectivity index (χ3v) is 4.86. The zero-order valence-corrected chi connectivity index (χ0v) is 15.1. The molecule has 0 aromatic carbocycles. The molecule has 1 aliphatic carbocycles. The SMILES string of the molecule is C[C@H]1Cc2c(cnn2CCC(C)(C)O)-c2onc([C@@](C)(O)C(F)(F)F)c21. The van der Waals surface area contributed by atoms with Crippen molar-refractivity contribution in [1.29, 1.82) is 0 Å². The fourth-order valence-electron chi connectivity index (χ4n) is 3.21. The van der Waals surface area contributed by atoms with Gasteiger partial charge in [0.2, 0.25) is 5.60 Å². The van der Waals surface area contributed by atoms with Gasteiger partial charge in [0.1, 0.15) is 5.69 Å². The summed E-state index contributed by atoms with van der Waals surface area (Å²) in [5, 5.41) is 27.8. The lowest BCUT2D eigenvalue weighted by atomic mass is 9.82. The van der Waals surface area contributed by atoms with Gasteiger partial charge in [0.25, 0.3) is 0 Å². The van der Waals surface area contributed by atoms with Crippen LogP contribution in [0.5, 0.6) is 0 Å². The standard InChI is InChI=1S/C17H22F3N3O3/c1-9-7-11-10(8-21-23(11)6-5-15(2,3)24)13-12(9)14(22-26-13)16(4,25)17(18,19)20/h8-9,24-25H,5-7H2,1-4H3/t9-,16+/m0/s1. The number of hydrogen-bond acceptors (Lipinski definition) is 5. The van der Waals surface area contributed by atoms with Crippen LogP contribution < -0.4 is 0 Å². The van der Waals surface area contributed by atoms with Gasteiger partial charge in [0.15, 0.2) is 5.76 Å². The second kappa shape index (κ2) is 5.82. The number of fused-ring (bicyclic) bond motifs is 3. The first-order chi connectivity index (χ1) is 11.8. The molecule has 1 aliphatic rings. The summed E-state index contributed by atoms with van der Waals surface area (Å²) < 4.78 is 46.6. The molecule has 2 heterocycles. The van der Waals surface area contributed by atoms with Crippen molar-refractivity contribution in [2.24, 2.45) is 0 Å². The normalized spacial score (nSPS) is 19.8. The van der Waals surface area contributed by atoms with E-state index >= 15 is 0 Å². The second-order valence-electron chi connectivity index (χ2n) is 7.74. The third kappa shape index (κ3) is 3.03. The van der Waals surface area contributed by atoms with Crippen molar-refractivity contribution in [1.82, 2.24) is 14.9 Å². The average molecular weight is 373 g/mol. The molecule has 2 aromatic heterocycles. The summed E-state index contributed by atoms with van der Waals surface area (Å²) in [6.45, 7) is 6.32. The molecular weight excluding hydrogens is 351 g/mol. The Morgan fingerprint density at radius 1 is 1.27 bits per heavy atom. The first-order valence-electron chi connectivity index (χ1n) is 8.39. The summed E-state index contributed by atoms with van der Waals surface area (Å²) in [4.78, 5) is 0. The minimum absolute atomic E-state index is 0.216. The quantitative estimate of drug-likeness (QED) is 0.860. The minimum atomic E-state index is -4.87. The fraction of sp³-hybridized carbons (Fsp3) is 0.647. The zero-order valence-electron chi connectivity index (χ0n) is 15.1. The Labute approximate surface area is 148 Å². The first kappa shape index (κ1) is 18.9. The van der Waals surface area contributed by atoms with Crippen LogP contribution in [-0.2, 0) is 18.6 Å². The molecule has 0 aliphatic heterocycles. The molecule has 9 heteroatoms. The molecule has 0 fully saturated rings. The topological polar surface area (TPSA) is 84.3 Å². The summed E-state index contributed by atoms with van der Waals surface area (Å²) in [5.41, 5.74) is -2.78. The summed E-state index contributed by atoms with van der Waals surface area (Å²) in [6.07, 6.45) is -2.42. The number of alkyl halides is 3. The number of aryl methyl sites for hydroxylation is 1. The Kier molecular flexibility index (Phi) is 4.23. The van der Waals surface area contributed by atoms with E-state index in [0.717, 1.165) is 5.69 Å². The van der Waals surface area contributed by atoms with E-state index in [4.69, 9.17) is 4.52 Å². The van der Waals surface area contributed by atoms with Crippen LogP contribution in [0, 0.1) is 0 Å². The summed E-state index contributed by atoms with van der Waals surface area (Å²) >= 11 is 0. The van der Waals surface area contributed by atoms with E-state index in [9.17, 15) is 23.4 Å². The average Bonchev–Trinajstić information content (AvgIpc) is 3.07. The van der Waals surface area contributed by atoms with Crippen molar-refractivity contribution in [3.63, 3.8) is 0 Å². The number of hydrogen-bond donors (Lipinski definition) is 2. The lowest BCUT2D eigenvalue weighted by molar-refractivity contribution is -0.261. The maximum Gasteiger partial charge on any atom is 0.422 e. The van der Waals surface area contributed by atoms with Gasteiger partial charge >= 0.3 is 6.18 Å². The maximum atomic E-state index is 13.2. The first-order valence-corrected chi connectivity index (χ1v) is 8.39. The Hall–Kier alpha value is -1.87. The maximum absolute atomic E-state index is 13.2. The highest BCUT2D eigenvalue weighted by molar-refractivity contribution is 5.68. The number of rotatable bonds is 4. The smallest absolute Gasteiger partial charge is 0.390 e. The van der Waals surface area contributed by atoms with Crippen molar-refractivity contribution in [2.75, 3.05) is 0 Å². The highest BCUT2D eigenvalue weighted by Gasteiger charge is 2.55. The molecule has 2 atom stereocenters. The Morgan fingerprint density at radius 3 is 2.50 bits per heavy atom. The Morgan fingerprint density at radius 2 is 1.92 bits per heavy atom. The molecule has 0 saturated heterocycles. The van der Waals surface area contributed by atoms with Gasteiger partial charge < -0.3 is 14.7 Å². The minimum Gasteiger partial charge on any atom is -0.390 e. The van der Waals surface area contributed by atoms with Gasteiger partial charge in [-0.15, -0.1) is 0 Å². The highest BCUT2D eigenvalue weighted by Crippen LogP contribution is 2.47. The van der Waals surface area contributed by atoms with Crippen molar-refractivity contribution in [3.05, 3.63) is 23.1 Å².